The Hall–Kier alpha value is -3.59. The van der Waals surface area contributed by atoms with E-state index >= 15 is 4.79 Å². The minimum absolute atomic E-state index is 0.0182. The molecule has 9 heteroatoms. The van der Waals surface area contributed by atoms with Crippen LogP contribution in [0.25, 0.3) is 0 Å². The van der Waals surface area contributed by atoms with Gasteiger partial charge in [0.15, 0.2) is 5.76 Å². The van der Waals surface area contributed by atoms with Crippen LogP contribution in [0.3, 0.4) is 0 Å². The smallest absolute Gasteiger partial charge is 0.212 e. The van der Waals surface area contributed by atoms with E-state index in [2.05, 4.69) is 41.5 Å². The number of Topliss-reactive ketones (excluding diaryl/α,β-unsaturated/α-hetero) is 1. The molecule has 0 radical (unpaired) electrons. The molecule has 1 aliphatic carbocycles. The molecule has 246 valence electrons. The molecule has 0 N–H and O–H groups in total. The van der Waals surface area contributed by atoms with Gasteiger partial charge in [0.2, 0.25) is 5.78 Å². The van der Waals surface area contributed by atoms with E-state index in [1.54, 1.807) is 42.7 Å². The first-order valence-corrected chi connectivity index (χ1v) is 15.7. The molecule has 2 aromatic carbocycles. The van der Waals surface area contributed by atoms with Crippen molar-refractivity contribution in [2.75, 3.05) is 49.3 Å². The van der Waals surface area contributed by atoms with Crippen LogP contribution < -0.4 is 28.4 Å². The van der Waals surface area contributed by atoms with Gasteiger partial charge in [-0.25, -0.2) is 0 Å². The minimum Gasteiger partial charge on any atom is -0.496 e. The summed E-state index contributed by atoms with van der Waals surface area (Å²) in [4.78, 5) is 15.2. The third-order valence-electron chi connectivity index (χ3n) is 9.81. The summed E-state index contributed by atoms with van der Waals surface area (Å²) in [5.74, 6) is 3.76. The molecular weight excluding hydrogens is 576 g/mol. The summed E-state index contributed by atoms with van der Waals surface area (Å²) in [7, 11) is 9.79. The van der Waals surface area contributed by atoms with Gasteiger partial charge in [0, 0.05) is 54.3 Å². The highest BCUT2D eigenvalue weighted by atomic mass is 16.6. The molecule has 5 rings (SSSR count). The van der Waals surface area contributed by atoms with Crippen LogP contribution in [0.2, 0.25) is 0 Å². The van der Waals surface area contributed by atoms with Gasteiger partial charge in [-0.05, 0) is 17.8 Å². The van der Waals surface area contributed by atoms with Crippen molar-refractivity contribution in [2.24, 2.45) is 5.92 Å². The van der Waals surface area contributed by atoms with Gasteiger partial charge in [0.25, 0.3) is 0 Å². The molecule has 3 atom stereocenters. The molecule has 2 aliphatic heterocycles. The lowest BCUT2D eigenvalue weighted by Crippen LogP contribution is -2.70. The van der Waals surface area contributed by atoms with E-state index in [0.29, 0.717) is 52.9 Å². The van der Waals surface area contributed by atoms with Crippen molar-refractivity contribution in [3.05, 3.63) is 45.7 Å². The van der Waals surface area contributed by atoms with Gasteiger partial charge in [-0.1, -0.05) is 41.5 Å². The van der Waals surface area contributed by atoms with Crippen LogP contribution in [0, 0.1) is 5.92 Å². The molecule has 0 saturated heterocycles. The Kier molecular flexibility index (Phi) is 8.72. The van der Waals surface area contributed by atoms with E-state index in [1.807, 2.05) is 12.1 Å². The Morgan fingerprint density at radius 2 is 1.33 bits per heavy atom. The second-order valence-electron chi connectivity index (χ2n) is 13.0. The summed E-state index contributed by atoms with van der Waals surface area (Å²) in [5, 5.41) is 0. The van der Waals surface area contributed by atoms with Gasteiger partial charge >= 0.3 is 0 Å². The Labute approximate surface area is 267 Å². The lowest BCUT2D eigenvalue weighted by atomic mass is 9.55. The normalized spacial score (nSPS) is 23.8. The maximum Gasteiger partial charge on any atom is 0.212 e. The lowest BCUT2D eigenvalue weighted by Gasteiger charge is -2.57. The van der Waals surface area contributed by atoms with E-state index in [0.717, 1.165) is 22.3 Å². The number of methoxy groups -OCH3 is 6. The quantitative estimate of drug-likeness (QED) is 0.309. The maximum atomic E-state index is 15.2. The number of hydrogen-bond donors (Lipinski definition) is 0. The Morgan fingerprint density at radius 3 is 1.82 bits per heavy atom. The average molecular weight is 625 g/mol. The first-order chi connectivity index (χ1) is 21.4. The van der Waals surface area contributed by atoms with E-state index in [1.165, 1.54) is 0 Å². The van der Waals surface area contributed by atoms with Crippen molar-refractivity contribution in [1.29, 1.82) is 0 Å². The highest BCUT2D eigenvalue weighted by molar-refractivity contribution is 6.06. The van der Waals surface area contributed by atoms with Gasteiger partial charge in [-0.3, -0.25) is 4.79 Å². The summed E-state index contributed by atoms with van der Waals surface area (Å²) < 4.78 is 50.2. The van der Waals surface area contributed by atoms with Crippen LogP contribution in [-0.2, 0) is 26.1 Å². The molecule has 0 bridgehead atoms. The molecule has 3 aliphatic rings. The highest BCUT2D eigenvalue weighted by Gasteiger charge is 2.69. The molecule has 0 amide bonds. The number of benzene rings is 2. The Bertz CT molecular complexity index is 1520. The van der Waals surface area contributed by atoms with Crippen LogP contribution >= 0.6 is 0 Å². The Balaban J connectivity index is 1.95. The van der Waals surface area contributed by atoms with Crippen molar-refractivity contribution in [3.8, 4) is 34.5 Å². The summed E-state index contributed by atoms with van der Waals surface area (Å²) in [6.07, 6.45) is -0.103. The summed E-state index contributed by atoms with van der Waals surface area (Å²) in [6, 6.07) is 3.78. The van der Waals surface area contributed by atoms with Gasteiger partial charge < -0.3 is 37.9 Å². The minimum atomic E-state index is -1.29. The standard InChI is InChI=1S/C36H48O9/c1-18(2)26-23(38-7)15-22-21(30(26)40-9)17-36(43-12)28(20(5)6)32(42-11)33(37)35(34(36)45-22)13-14-44-25-16-24(39-8)27(19(3)4)31(41-10)29(25)35/h15-16,18-20,34H,13-14,17H2,1-12H3. The van der Waals surface area contributed by atoms with E-state index in [9.17, 15) is 0 Å². The summed E-state index contributed by atoms with van der Waals surface area (Å²) >= 11 is 0. The molecular formula is C36H48O9. The number of fused-ring (bicyclic) bond motifs is 5. The van der Waals surface area contributed by atoms with Crippen molar-refractivity contribution in [1.82, 2.24) is 0 Å². The second-order valence-corrected chi connectivity index (χ2v) is 13.0. The number of hydrogen-bond acceptors (Lipinski definition) is 9. The van der Waals surface area contributed by atoms with Crippen LogP contribution in [0.15, 0.2) is 23.5 Å². The predicted octanol–water partition coefficient (Wildman–Crippen LogP) is 6.52. The van der Waals surface area contributed by atoms with Gasteiger partial charge in [0.05, 0.1) is 47.7 Å². The third-order valence-corrected chi connectivity index (χ3v) is 9.81. The molecule has 1 spiro atoms. The third kappa shape index (κ3) is 4.48. The fourth-order valence-corrected chi connectivity index (χ4v) is 8.11. The monoisotopic (exact) mass is 624 g/mol. The molecule has 9 nitrogen and oxygen atoms in total. The largest absolute Gasteiger partial charge is 0.496 e. The van der Waals surface area contributed by atoms with Crippen LogP contribution in [-0.4, -0.2) is 66.8 Å². The molecule has 0 fully saturated rings. The number of carbonyl (C=O) groups is 1. The lowest BCUT2D eigenvalue weighted by molar-refractivity contribution is -0.156. The first-order valence-electron chi connectivity index (χ1n) is 15.7. The van der Waals surface area contributed by atoms with Crippen LogP contribution in [0.4, 0.5) is 0 Å². The SMILES string of the molecule is COC1=C(C(C)C)C2(OC)Cc3c(cc(OC)c(C(C)C)c3OC)OC2C2(CCOc3cc(OC)c(C(C)C)c(OC)c32)C1=O. The number of rotatable bonds is 9. The average Bonchev–Trinajstić information content (AvgIpc) is 3.03. The van der Waals surface area contributed by atoms with Crippen molar-refractivity contribution >= 4 is 5.78 Å². The maximum absolute atomic E-state index is 15.2. The number of ketones is 1. The predicted molar refractivity (Wildman–Crippen MR) is 171 cm³/mol. The molecule has 0 aromatic heterocycles. The molecule has 3 unspecified atom stereocenters. The highest BCUT2D eigenvalue weighted by Crippen LogP contribution is 2.62. The van der Waals surface area contributed by atoms with Gasteiger partial charge in [0.1, 0.15) is 51.6 Å². The molecule has 45 heavy (non-hydrogen) atoms. The number of carbonyl (C=O) groups excluding carboxylic acids is 1. The van der Waals surface area contributed by atoms with E-state index < -0.39 is 17.1 Å². The number of ether oxygens (including phenoxy) is 8. The van der Waals surface area contributed by atoms with Crippen LogP contribution in [0.5, 0.6) is 34.5 Å². The summed E-state index contributed by atoms with van der Waals surface area (Å²) in [5.41, 5.74) is 1.64. The van der Waals surface area contributed by atoms with Crippen LogP contribution in [0.1, 0.15) is 82.1 Å². The second kappa shape index (κ2) is 12.0. The first kappa shape index (κ1) is 32.8. The number of allylic oxidation sites excluding steroid dienone is 1. The Morgan fingerprint density at radius 1 is 0.756 bits per heavy atom. The van der Waals surface area contributed by atoms with Crippen molar-refractivity contribution in [3.63, 3.8) is 0 Å². The molecule has 2 heterocycles. The zero-order valence-corrected chi connectivity index (χ0v) is 28.8. The fraction of sp³-hybridized carbons (Fsp3) is 0.583. The summed E-state index contributed by atoms with van der Waals surface area (Å²) in [6.45, 7) is 12.7. The van der Waals surface area contributed by atoms with E-state index in [-0.39, 0.29) is 35.9 Å². The van der Waals surface area contributed by atoms with Gasteiger partial charge in [-0.15, -0.1) is 0 Å². The van der Waals surface area contributed by atoms with Crippen molar-refractivity contribution in [2.45, 2.75) is 83.3 Å². The fourth-order valence-electron chi connectivity index (χ4n) is 8.11. The van der Waals surface area contributed by atoms with E-state index in [4.69, 9.17) is 37.9 Å². The molecule has 0 saturated carbocycles. The topological polar surface area (TPSA) is 90.9 Å². The van der Waals surface area contributed by atoms with Gasteiger partial charge in [-0.2, -0.15) is 0 Å². The van der Waals surface area contributed by atoms with Crippen molar-refractivity contribution < 1.29 is 42.7 Å². The zero-order valence-electron chi connectivity index (χ0n) is 28.8. The molecule has 2 aromatic rings. The zero-order chi connectivity index (χ0) is 33.0.